The van der Waals surface area contributed by atoms with Crippen molar-refractivity contribution >= 4 is 5.95 Å². The quantitative estimate of drug-likeness (QED) is 0.655. The van der Waals surface area contributed by atoms with E-state index in [1.54, 1.807) is 0 Å². The summed E-state index contributed by atoms with van der Waals surface area (Å²) in [5, 5.41) is 9.13. The highest BCUT2D eigenvalue weighted by Gasteiger charge is 2.40. The van der Waals surface area contributed by atoms with Crippen LogP contribution in [0.25, 0.3) is 22.5 Å². The Balaban J connectivity index is 1.50. The lowest BCUT2D eigenvalue weighted by atomic mass is 10.0. The topological polar surface area (TPSA) is 60.4 Å². The number of ether oxygens (including phenoxy) is 2. The third-order valence-electron chi connectivity index (χ3n) is 5.95. The van der Waals surface area contributed by atoms with E-state index in [0.29, 0.717) is 19.2 Å². The first-order chi connectivity index (χ1) is 14.6. The third kappa shape index (κ3) is 3.68. The van der Waals surface area contributed by atoms with Crippen LogP contribution >= 0.6 is 0 Å². The van der Waals surface area contributed by atoms with Crippen molar-refractivity contribution in [2.75, 3.05) is 31.2 Å². The summed E-state index contributed by atoms with van der Waals surface area (Å²) in [7, 11) is 0. The monoisotopic (exact) mass is 402 g/mol. The number of nitrogens with zero attached hydrogens (tertiary/aromatic N) is 4. The van der Waals surface area contributed by atoms with Crippen molar-refractivity contribution in [1.82, 2.24) is 15.2 Å². The van der Waals surface area contributed by atoms with Crippen LogP contribution in [0.3, 0.4) is 0 Å². The van der Waals surface area contributed by atoms with Gasteiger partial charge in [0.2, 0.25) is 5.95 Å². The fourth-order valence-corrected chi connectivity index (χ4v) is 4.10. The maximum Gasteiger partial charge on any atom is 0.245 e. The van der Waals surface area contributed by atoms with E-state index >= 15 is 0 Å². The molecule has 3 aromatic rings. The predicted molar refractivity (Wildman–Crippen MR) is 116 cm³/mol. The number of aromatic nitrogens is 3. The maximum absolute atomic E-state index is 5.85. The van der Waals surface area contributed by atoms with Crippen LogP contribution in [0.2, 0.25) is 0 Å². The molecule has 1 aromatic heterocycles. The number of anilines is 1. The second-order valence-electron chi connectivity index (χ2n) is 8.14. The Labute approximate surface area is 176 Å². The van der Waals surface area contributed by atoms with Crippen molar-refractivity contribution in [3.05, 3.63) is 59.7 Å². The molecular weight excluding hydrogens is 376 g/mol. The third-order valence-corrected chi connectivity index (χ3v) is 5.95. The van der Waals surface area contributed by atoms with Gasteiger partial charge in [-0.25, -0.2) is 4.98 Å². The lowest BCUT2D eigenvalue weighted by Gasteiger charge is -2.37. The summed E-state index contributed by atoms with van der Waals surface area (Å²) in [5.41, 5.74) is 6.16. The lowest BCUT2D eigenvalue weighted by Crippen LogP contribution is -2.45. The van der Waals surface area contributed by atoms with Gasteiger partial charge in [0.1, 0.15) is 11.4 Å². The summed E-state index contributed by atoms with van der Waals surface area (Å²) in [5.74, 6) is 0.250. The van der Waals surface area contributed by atoms with Crippen molar-refractivity contribution < 1.29 is 9.47 Å². The number of piperidine rings is 1. The molecule has 0 N–H and O–H groups in total. The SMILES string of the molecule is Cc1ccc(-c2nnc(N3CCC4(CC3)OCCO4)nc2-c2ccc(C)cc2)cc1. The fourth-order valence-electron chi connectivity index (χ4n) is 4.10. The number of hydrogen-bond donors (Lipinski definition) is 0. The van der Waals surface area contributed by atoms with Crippen molar-refractivity contribution in [1.29, 1.82) is 0 Å². The van der Waals surface area contributed by atoms with Crippen LogP contribution in [0.5, 0.6) is 0 Å². The zero-order chi connectivity index (χ0) is 20.6. The summed E-state index contributed by atoms with van der Waals surface area (Å²) in [6, 6.07) is 16.8. The molecule has 6 heteroatoms. The minimum absolute atomic E-state index is 0.411. The van der Waals surface area contributed by atoms with Crippen LogP contribution in [0.1, 0.15) is 24.0 Å². The molecule has 3 heterocycles. The molecule has 30 heavy (non-hydrogen) atoms. The molecule has 0 aliphatic carbocycles. The minimum atomic E-state index is -0.411. The van der Waals surface area contributed by atoms with Gasteiger partial charge in [0.25, 0.3) is 0 Å². The van der Waals surface area contributed by atoms with Gasteiger partial charge in [0, 0.05) is 37.1 Å². The first kappa shape index (κ1) is 19.2. The Bertz CT molecular complexity index is 1020. The van der Waals surface area contributed by atoms with Gasteiger partial charge >= 0.3 is 0 Å². The van der Waals surface area contributed by atoms with Crippen LogP contribution in [-0.4, -0.2) is 47.3 Å². The van der Waals surface area contributed by atoms with Gasteiger partial charge in [-0.15, -0.1) is 10.2 Å². The summed E-state index contributed by atoms with van der Waals surface area (Å²) >= 11 is 0. The molecule has 0 saturated carbocycles. The normalized spacial score (nSPS) is 18.1. The molecular formula is C24H26N4O2. The molecule has 0 atom stereocenters. The molecule has 1 spiro atoms. The van der Waals surface area contributed by atoms with Crippen LogP contribution < -0.4 is 4.90 Å². The van der Waals surface area contributed by atoms with Crippen molar-refractivity contribution in [2.24, 2.45) is 0 Å². The molecule has 2 aliphatic heterocycles. The largest absolute Gasteiger partial charge is 0.347 e. The minimum Gasteiger partial charge on any atom is -0.347 e. The first-order valence-corrected chi connectivity index (χ1v) is 10.5. The average Bonchev–Trinajstić information content (AvgIpc) is 3.23. The average molecular weight is 402 g/mol. The van der Waals surface area contributed by atoms with Crippen molar-refractivity contribution in [3.63, 3.8) is 0 Å². The smallest absolute Gasteiger partial charge is 0.245 e. The summed E-state index contributed by atoms with van der Waals surface area (Å²) in [4.78, 5) is 7.16. The predicted octanol–water partition coefficient (Wildman–Crippen LogP) is 4.17. The highest BCUT2D eigenvalue weighted by molar-refractivity contribution is 5.78. The Kier molecular flexibility index (Phi) is 4.97. The molecule has 0 bridgehead atoms. The van der Waals surface area contributed by atoms with E-state index in [1.165, 1.54) is 11.1 Å². The van der Waals surface area contributed by atoms with Gasteiger partial charge in [0.15, 0.2) is 5.79 Å². The van der Waals surface area contributed by atoms with Crippen molar-refractivity contribution in [2.45, 2.75) is 32.5 Å². The second-order valence-corrected chi connectivity index (χ2v) is 8.14. The van der Waals surface area contributed by atoms with E-state index in [9.17, 15) is 0 Å². The van der Waals surface area contributed by atoms with Crippen LogP contribution in [0.4, 0.5) is 5.95 Å². The van der Waals surface area contributed by atoms with Crippen molar-refractivity contribution in [3.8, 4) is 22.5 Å². The highest BCUT2D eigenvalue weighted by Crippen LogP contribution is 2.34. The Morgan fingerprint density at radius 2 is 1.27 bits per heavy atom. The zero-order valence-corrected chi connectivity index (χ0v) is 17.5. The Morgan fingerprint density at radius 3 is 1.83 bits per heavy atom. The summed E-state index contributed by atoms with van der Waals surface area (Å²) in [6.45, 7) is 7.11. The molecule has 6 nitrogen and oxygen atoms in total. The molecule has 2 aromatic carbocycles. The number of aryl methyl sites for hydroxylation is 2. The number of hydrogen-bond acceptors (Lipinski definition) is 6. The van der Waals surface area contributed by atoms with E-state index in [2.05, 4.69) is 77.5 Å². The molecule has 0 radical (unpaired) electrons. The number of rotatable bonds is 3. The Hall–Kier alpha value is -2.83. The molecule has 2 saturated heterocycles. The van der Waals surface area contributed by atoms with E-state index in [1.807, 2.05) is 0 Å². The fraction of sp³-hybridized carbons (Fsp3) is 0.375. The van der Waals surface area contributed by atoms with Gasteiger partial charge in [-0.3, -0.25) is 0 Å². The number of benzene rings is 2. The summed E-state index contributed by atoms with van der Waals surface area (Å²) < 4.78 is 11.7. The molecule has 5 rings (SSSR count). The van der Waals surface area contributed by atoms with Gasteiger partial charge in [-0.05, 0) is 13.8 Å². The standard InChI is InChI=1S/C24H26N4O2/c1-17-3-7-19(8-4-17)21-22(20-9-5-18(2)6-10-20)26-27-23(25-21)28-13-11-24(12-14-28)29-15-16-30-24/h3-10H,11-16H2,1-2H3. The van der Waals surface area contributed by atoms with E-state index in [-0.39, 0.29) is 0 Å². The molecule has 0 amide bonds. The molecule has 0 unspecified atom stereocenters. The van der Waals surface area contributed by atoms with E-state index in [4.69, 9.17) is 14.5 Å². The molecule has 2 fully saturated rings. The van der Waals surface area contributed by atoms with E-state index < -0.39 is 5.79 Å². The second kappa shape index (κ2) is 7.78. The summed E-state index contributed by atoms with van der Waals surface area (Å²) in [6.07, 6.45) is 1.63. The van der Waals surface area contributed by atoms with Gasteiger partial charge in [0.05, 0.1) is 13.2 Å². The molecule has 154 valence electrons. The van der Waals surface area contributed by atoms with Crippen LogP contribution in [0, 0.1) is 13.8 Å². The van der Waals surface area contributed by atoms with Crippen LogP contribution in [0.15, 0.2) is 48.5 Å². The Morgan fingerprint density at radius 1 is 0.733 bits per heavy atom. The van der Waals surface area contributed by atoms with Crippen LogP contribution in [-0.2, 0) is 9.47 Å². The van der Waals surface area contributed by atoms with Gasteiger partial charge < -0.3 is 14.4 Å². The van der Waals surface area contributed by atoms with Gasteiger partial charge in [-0.2, -0.15) is 0 Å². The lowest BCUT2D eigenvalue weighted by molar-refractivity contribution is -0.169. The first-order valence-electron chi connectivity index (χ1n) is 10.5. The van der Waals surface area contributed by atoms with E-state index in [0.717, 1.165) is 48.4 Å². The highest BCUT2D eigenvalue weighted by atomic mass is 16.7. The molecule has 2 aliphatic rings. The van der Waals surface area contributed by atoms with Gasteiger partial charge in [-0.1, -0.05) is 59.7 Å². The maximum atomic E-state index is 5.85. The zero-order valence-electron chi connectivity index (χ0n) is 17.5.